The molecule has 2 aromatic rings. The number of nitrogens with zero attached hydrogens (tertiary/aromatic N) is 1. The van der Waals surface area contributed by atoms with Gasteiger partial charge in [0, 0.05) is 12.5 Å². The highest BCUT2D eigenvalue weighted by molar-refractivity contribution is 5.86. The monoisotopic (exact) mass is 269 g/mol. The molecule has 0 fully saturated rings. The number of halogens is 2. The summed E-state index contributed by atoms with van der Waals surface area (Å²) in [7, 11) is 0. The van der Waals surface area contributed by atoms with Crippen molar-refractivity contribution in [3.63, 3.8) is 0 Å². The average molecular weight is 269 g/mol. The van der Waals surface area contributed by atoms with Crippen LogP contribution in [-0.2, 0) is 6.42 Å². The second-order valence-electron chi connectivity index (χ2n) is 3.60. The molecule has 7 heteroatoms. The third kappa shape index (κ3) is 3.06. The van der Waals surface area contributed by atoms with Gasteiger partial charge in [-0.3, -0.25) is 0 Å². The third-order valence-electron chi connectivity index (χ3n) is 2.33. The maximum atomic E-state index is 12.9. The number of carboxylic acid groups (broad SMARTS) is 1. The van der Waals surface area contributed by atoms with E-state index in [1.165, 1.54) is 6.07 Å². The topological polar surface area (TPSA) is 72.6 Å². The van der Waals surface area contributed by atoms with Crippen LogP contribution in [0.3, 0.4) is 0 Å². The van der Waals surface area contributed by atoms with Crippen molar-refractivity contribution in [3.8, 4) is 5.75 Å². The van der Waals surface area contributed by atoms with Gasteiger partial charge in [-0.1, -0.05) is 0 Å². The molecule has 0 radical (unpaired) electrons. The molecular formula is C12H9F2NO4. The van der Waals surface area contributed by atoms with Gasteiger partial charge in [-0.25, -0.2) is 18.6 Å². The van der Waals surface area contributed by atoms with E-state index in [0.717, 1.165) is 18.5 Å². The molecule has 100 valence electrons. The minimum atomic E-state index is -1.20. The lowest BCUT2D eigenvalue weighted by Gasteiger charge is -2.05. The van der Waals surface area contributed by atoms with Crippen LogP contribution in [0.15, 0.2) is 29.0 Å². The molecular weight excluding hydrogens is 260 g/mol. The van der Waals surface area contributed by atoms with E-state index < -0.39 is 17.6 Å². The second-order valence-corrected chi connectivity index (χ2v) is 3.60. The first kappa shape index (κ1) is 13.0. The Kier molecular flexibility index (Phi) is 3.74. The van der Waals surface area contributed by atoms with E-state index >= 15 is 0 Å². The number of hydrogen-bond donors (Lipinski definition) is 1. The Balaban J connectivity index is 1.94. The maximum absolute atomic E-state index is 12.9. The van der Waals surface area contributed by atoms with E-state index in [1.807, 2.05) is 0 Å². The van der Waals surface area contributed by atoms with E-state index in [4.69, 9.17) is 14.3 Å². The van der Waals surface area contributed by atoms with Crippen molar-refractivity contribution in [2.45, 2.75) is 6.42 Å². The van der Waals surface area contributed by atoms with E-state index in [2.05, 4.69) is 4.98 Å². The molecule has 2 rings (SSSR count). The summed E-state index contributed by atoms with van der Waals surface area (Å²) in [6.07, 6.45) is 1.18. The lowest BCUT2D eigenvalue weighted by molar-refractivity contribution is 0.0688. The van der Waals surface area contributed by atoms with Crippen LogP contribution in [0.2, 0.25) is 0 Å². The fourth-order valence-electron chi connectivity index (χ4n) is 1.45. The number of carbonyl (C=O) groups is 1. The van der Waals surface area contributed by atoms with Gasteiger partial charge in [0.25, 0.3) is 0 Å². The molecule has 5 nitrogen and oxygen atoms in total. The smallest absolute Gasteiger partial charge is 0.358 e. The van der Waals surface area contributed by atoms with Gasteiger partial charge >= 0.3 is 5.97 Å². The normalized spacial score (nSPS) is 10.4. The highest BCUT2D eigenvalue weighted by Crippen LogP contribution is 2.16. The number of carboxylic acids is 1. The molecule has 0 aliphatic carbocycles. The van der Waals surface area contributed by atoms with Crippen molar-refractivity contribution in [1.29, 1.82) is 0 Å². The van der Waals surface area contributed by atoms with Crippen LogP contribution in [0.25, 0.3) is 0 Å². The highest BCUT2D eigenvalue weighted by atomic mass is 19.2. The summed E-state index contributed by atoms with van der Waals surface area (Å²) in [5, 5.41) is 8.78. The molecule has 0 amide bonds. The molecule has 1 heterocycles. The minimum absolute atomic E-state index is 0.0561. The molecule has 0 bridgehead atoms. The highest BCUT2D eigenvalue weighted by Gasteiger charge is 2.15. The number of rotatable bonds is 5. The van der Waals surface area contributed by atoms with Crippen LogP contribution < -0.4 is 4.74 Å². The van der Waals surface area contributed by atoms with Crippen LogP contribution in [-0.4, -0.2) is 22.7 Å². The largest absolute Gasteiger partial charge is 0.493 e. The first-order valence-electron chi connectivity index (χ1n) is 5.31. The molecule has 0 spiro atoms. The number of aromatic carboxylic acids is 1. The molecule has 0 atom stereocenters. The molecule has 0 saturated carbocycles. The molecule has 0 unspecified atom stereocenters. The first-order valence-corrected chi connectivity index (χ1v) is 5.31. The Morgan fingerprint density at radius 1 is 1.37 bits per heavy atom. The van der Waals surface area contributed by atoms with Crippen LogP contribution in [0.4, 0.5) is 8.78 Å². The summed E-state index contributed by atoms with van der Waals surface area (Å²) in [4.78, 5) is 14.3. The van der Waals surface area contributed by atoms with E-state index in [-0.39, 0.29) is 30.2 Å². The molecule has 1 N–H and O–H groups in total. The Labute approximate surface area is 106 Å². The summed E-state index contributed by atoms with van der Waals surface area (Å²) in [5.74, 6) is -2.86. The Hall–Kier alpha value is -2.44. The predicted molar refractivity (Wildman–Crippen MR) is 59.0 cm³/mol. The molecule has 1 aromatic heterocycles. The van der Waals surface area contributed by atoms with Crippen molar-refractivity contribution in [2.75, 3.05) is 6.61 Å². The van der Waals surface area contributed by atoms with Crippen molar-refractivity contribution < 1.29 is 27.8 Å². The molecule has 1 aromatic carbocycles. The second kappa shape index (κ2) is 5.47. The Bertz CT molecular complexity index is 597. The fraction of sp³-hybridized carbons (Fsp3) is 0.167. The van der Waals surface area contributed by atoms with Gasteiger partial charge in [-0.05, 0) is 12.1 Å². The van der Waals surface area contributed by atoms with E-state index in [9.17, 15) is 13.6 Å². The molecule has 0 saturated heterocycles. The van der Waals surface area contributed by atoms with E-state index in [1.54, 1.807) is 0 Å². The van der Waals surface area contributed by atoms with Crippen molar-refractivity contribution in [2.24, 2.45) is 0 Å². The maximum Gasteiger partial charge on any atom is 0.358 e. The van der Waals surface area contributed by atoms with Gasteiger partial charge in [-0.15, -0.1) is 0 Å². The number of aromatic nitrogens is 1. The Morgan fingerprint density at radius 3 is 2.84 bits per heavy atom. The van der Waals surface area contributed by atoms with Crippen molar-refractivity contribution >= 4 is 5.97 Å². The molecule has 19 heavy (non-hydrogen) atoms. The van der Waals surface area contributed by atoms with Gasteiger partial charge < -0.3 is 14.3 Å². The van der Waals surface area contributed by atoms with Crippen LogP contribution >= 0.6 is 0 Å². The van der Waals surface area contributed by atoms with Crippen LogP contribution in [0.1, 0.15) is 16.2 Å². The lowest BCUT2D eigenvalue weighted by atomic mass is 10.2. The lowest BCUT2D eigenvalue weighted by Crippen LogP contribution is -2.06. The van der Waals surface area contributed by atoms with Gasteiger partial charge in [0.05, 0.1) is 6.61 Å². The first-order chi connectivity index (χ1) is 9.08. The summed E-state index contributed by atoms with van der Waals surface area (Å²) < 4.78 is 35.6. The van der Waals surface area contributed by atoms with E-state index in [0.29, 0.717) is 0 Å². The van der Waals surface area contributed by atoms with Crippen molar-refractivity contribution in [3.05, 3.63) is 47.7 Å². The molecule has 0 aliphatic rings. The molecule has 0 aliphatic heterocycles. The number of ether oxygens (including phenoxy) is 1. The zero-order chi connectivity index (χ0) is 13.8. The summed E-state index contributed by atoms with van der Waals surface area (Å²) in [5.41, 5.74) is -0.186. The fourth-order valence-corrected chi connectivity index (χ4v) is 1.45. The number of benzene rings is 1. The summed E-state index contributed by atoms with van der Waals surface area (Å²) in [6.45, 7) is 0.0561. The Morgan fingerprint density at radius 2 is 2.16 bits per heavy atom. The standard InChI is InChI=1S/C12H9F2NO4/c13-8-2-1-7(5-9(8)14)18-4-3-10-11(12(16)17)15-6-19-10/h1-2,5-6H,3-4H2,(H,16,17). The van der Waals surface area contributed by atoms with Gasteiger partial charge in [-0.2, -0.15) is 0 Å². The average Bonchev–Trinajstić information content (AvgIpc) is 2.82. The zero-order valence-corrected chi connectivity index (χ0v) is 9.60. The van der Waals surface area contributed by atoms with Gasteiger partial charge in [0.2, 0.25) is 0 Å². The quantitative estimate of drug-likeness (QED) is 0.901. The zero-order valence-electron chi connectivity index (χ0n) is 9.60. The SMILES string of the molecule is O=C(O)c1ncoc1CCOc1ccc(F)c(F)c1. The minimum Gasteiger partial charge on any atom is -0.493 e. The van der Waals surface area contributed by atoms with Gasteiger partial charge in [0.15, 0.2) is 23.7 Å². The number of oxazole rings is 1. The number of hydrogen-bond acceptors (Lipinski definition) is 4. The van der Waals surface area contributed by atoms with Crippen molar-refractivity contribution in [1.82, 2.24) is 4.98 Å². The van der Waals surface area contributed by atoms with Crippen LogP contribution in [0, 0.1) is 11.6 Å². The van der Waals surface area contributed by atoms with Gasteiger partial charge in [0.1, 0.15) is 11.5 Å². The summed E-state index contributed by atoms with van der Waals surface area (Å²) in [6, 6.07) is 3.13. The predicted octanol–water partition coefficient (Wildman–Crippen LogP) is 2.27. The summed E-state index contributed by atoms with van der Waals surface area (Å²) >= 11 is 0. The van der Waals surface area contributed by atoms with Crippen LogP contribution in [0.5, 0.6) is 5.75 Å². The third-order valence-corrected chi connectivity index (χ3v) is 2.33.